The maximum absolute atomic E-state index is 13.0. The number of hydrogen-bond acceptors (Lipinski definition) is 6. The predicted octanol–water partition coefficient (Wildman–Crippen LogP) is 1.92. The molecule has 1 aromatic carbocycles. The van der Waals surface area contributed by atoms with Crippen LogP contribution in [0.2, 0.25) is 0 Å². The van der Waals surface area contributed by atoms with Gasteiger partial charge in [-0.25, -0.2) is 9.36 Å². The van der Waals surface area contributed by atoms with Gasteiger partial charge in [-0.3, -0.25) is 9.88 Å². The Balaban J connectivity index is 1.67. The van der Waals surface area contributed by atoms with Gasteiger partial charge in [-0.15, -0.1) is 9.55 Å². The van der Waals surface area contributed by atoms with Crippen molar-refractivity contribution in [3.05, 3.63) is 51.2 Å². The van der Waals surface area contributed by atoms with Gasteiger partial charge in [0.2, 0.25) is 0 Å². The molecule has 1 saturated heterocycles. The van der Waals surface area contributed by atoms with Gasteiger partial charge in [0.1, 0.15) is 5.82 Å². The lowest BCUT2D eigenvalue weighted by Crippen LogP contribution is -2.43. The average molecular weight is 506 g/mol. The van der Waals surface area contributed by atoms with Gasteiger partial charge in [0, 0.05) is 6.54 Å². The number of alkyl halides is 6. The van der Waals surface area contributed by atoms with Crippen LogP contribution in [0.25, 0.3) is 0 Å². The highest BCUT2D eigenvalue weighted by atomic mass is 31.2. The molecule has 184 valence electrons. The number of aromatic nitrogens is 3. The molecule has 0 unspecified atom stereocenters. The summed E-state index contributed by atoms with van der Waals surface area (Å²) < 4.78 is 99.7. The van der Waals surface area contributed by atoms with Crippen LogP contribution in [-0.4, -0.2) is 55.2 Å². The van der Waals surface area contributed by atoms with Gasteiger partial charge in [-0.05, 0) is 23.8 Å². The molecule has 0 bridgehead atoms. The second-order valence-corrected chi connectivity index (χ2v) is 8.45. The fraction of sp³-hybridized carbons (Fsp3) is 0.500. The molecule has 3 rings (SSSR count). The second kappa shape index (κ2) is 9.19. The number of halogens is 6. The normalized spacial score (nSPS) is 18.6. The molecule has 33 heavy (non-hydrogen) atoms. The van der Waals surface area contributed by atoms with Crippen LogP contribution in [0.4, 0.5) is 26.3 Å². The van der Waals surface area contributed by atoms with E-state index in [1.807, 2.05) is 0 Å². The van der Waals surface area contributed by atoms with Gasteiger partial charge in [-0.2, -0.15) is 26.3 Å². The summed E-state index contributed by atoms with van der Waals surface area (Å²) in [6, 6.07) is 1.12. The molecule has 1 aliphatic rings. The first-order valence-electron chi connectivity index (χ1n) is 9.11. The average Bonchev–Trinajstić information content (AvgIpc) is 3.05. The number of ether oxygens (including phenoxy) is 2. The maximum atomic E-state index is 13.0. The Morgan fingerprint density at radius 2 is 1.76 bits per heavy atom. The molecule has 2 aromatic rings. The van der Waals surface area contributed by atoms with Crippen molar-refractivity contribution >= 4 is 7.75 Å². The smallest absolute Gasteiger partial charge is 0.350 e. The zero-order chi connectivity index (χ0) is 24.6. The SMILES string of the molecule is O=c1[nH]c(CN2CCO[C@H](OCc3cc(C(F)(F)F)cc(C(F)(F)F)c3)C2)nn1P(=O)(O)O. The summed E-state index contributed by atoms with van der Waals surface area (Å²) in [5.74, 6) is -0.0725. The lowest BCUT2D eigenvalue weighted by Gasteiger charge is -2.32. The Morgan fingerprint density at radius 3 is 2.27 bits per heavy atom. The number of H-pyrrole nitrogens is 1. The number of hydrogen-bond donors (Lipinski definition) is 3. The van der Waals surface area contributed by atoms with Gasteiger partial charge >= 0.3 is 25.8 Å². The standard InChI is InChI=1S/C16H17F6N4O6P/c17-15(18,19)10-3-9(4-11(5-10)16(20,21)22)8-32-13-7-25(1-2-31-13)6-12-23-14(27)26(24-12)33(28,29)30/h3-5,13H,1-2,6-8H2,(H,23,24,27)(H2,28,29,30)/t13-/m1/s1. The van der Waals surface area contributed by atoms with E-state index in [1.54, 1.807) is 4.90 Å². The van der Waals surface area contributed by atoms with Gasteiger partial charge in [0.25, 0.3) is 0 Å². The molecule has 2 heterocycles. The summed E-state index contributed by atoms with van der Waals surface area (Å²) in [5.41, 5.74) is -4.41. The third kappa shape index (κ3) is 6.65. The minimum absolute atomic E-state index is 0.00408. The molecule has 0 radical (unpaired) electrons. The number of nitrogens with one attached hydrogen (secondary N) is 1. The molecule has 3 N–H and O–H groups in total. The van der Waals surface area contributed by atoms with Crippen LogP contribution >= 0.6 is 7.75 Å². The largest absolute Gasteiger partial charge is 0.454 e. The minimum Gasteiger partial charge on any atom is -0.350 e. The molecular weight excluding hydrogens is 489 g/mol. The van der Waals surface area contributed by atoms with E-state index in [0.29, 0.717) is 12.1 Å². The minimum atomic E-state index is -4.98. The highest BCUT2D eigenvalue weighted by molar-refractivity contribution is 7.49. The first-order chi connectivity index (χ1) is 15.1. The summed E-state index contributed by atoms with van der Waals surface area (Å²) in [7, 11) is -4.94. The molecule has 0 saturated carbocycles. The lowest BCUT2D eigenvalue weighted by molar-refractivity contribution is -0.187. The fourth-order valence-corrected chi connectivity index (χ4v) is 3.53. The molecule has 1 aromatic heterocycles. The van der Waals surface area contributed by atoms with E-state index in [1.165, 1.54) is 0 Å². The van der Waals surface area contributed by atoms with Crippen LogP contribution in [-0.2, 0) is 39.5 Å². The van der Waals surface area contributed by atoms with Crippen molar-refractivity contribution in [1.82, 2.24) is 19.4 Å². The van der Waals surface area contributed by atoms with Crippen LogP contribution in [0.15, 0.2) is 23.0 Å². The lowest BCUT2D eigenvalue weighted by atomic mass is 10.1. The monoisotopic (exact) mass is 506 g/mol. The van der Waals surface area contributed by atoms with E-state index in [-0.39, 0.29) is 48.1 Å². The Hall–Kier alpha value is -2.23. The Morgan fingerprint density at radius 1 is 1.15 bits per heavy atom. The Labute approximate surface area is 180 Å². The van der Waals surface area contributed by atoms with Gasteiger partial charge in [0.15, 0.2) is 6.29 Å². The summed E-state index contributed by atoms with van der Waals surface area (Å²) >= 11 is 0. The van der Waals surface area contributed by atoms with Gasteiger partial charge < -0.3 is 19.3 Å². The van der Waals surface area contributed by atoms with Crippen molar-refractivity contribution in [2.24, 2.45) is 0 Å². The van der Waals surface area contributed by atoms with E-state index in [9.17, 15) is 35.7 Å². The molecule has 0 aliphatic carbocycles. The zero-order valence-electron chi connectivity index (χ0n) is 16.4. The van der Waals surface area contributed by atoms with Crippen LogP contribution in [0, 0.1) is 0 Å². The van der Waals surface area contributed by atoms with Crippen LogP contribution in [0.5, 0.6) is 0 Å². The van der Waals surface area contributed by atoms with Crippen LogP contribution in [0.1, 0.15) is 22.5 Å². The summed E-state index contributed by atoms with van der Waals surface area (Å²) in [4.78, 5) is 33.4. The van der Waals surface area contributed by atoms with Crippen LogP contribution < -0.4 is 5.69 Å². The third-order valence-electron chi connectivity index (χ3n) is 4.47. The third-order valence-corrected chi connectivity index (χ3v) is 5.23. The van der Waals surface area contributed by atoms with Crippen molar-refractivity contribution in [1.29, 1.82) is 0 Å². The van der Waals surface area contributed by atoms with Crippen molar-refractivity contribution in [2.75, 3.05) is 19.7 Å². The predicted molar refractivity (Wildman–Crippen MR) is 96.5 cm³/mol. The Bertz CT molecular complexity index is 1060. The number of benzene rings is 1. The first-order valence-corrected chi connectivity index (χ1v) is 10.7. The molecule has 1 fully saturated rings. The van der Waals surface area contributed by atoms with Crippen LogP contribution in [0.3, 0.4) is 0 Å². The first kappa shape index (κ1) is 25.4. The van der Waals surface area contributed by atoms with E-state index < -0.39 is 49.8 Å². The molecule has 10 nitrogen and oxygen atoms in total. The molecular formula is C16H17F6N4O6P. The number of aromatic amines is 1. The topological polar surface area (TPSA) is 130 Å². The molecule has 1 atom stereocenters. The van der Waals surface area contributed by atoms with Crippen molar-refractivity contribution in [3.63, 3.8) is 0 Å². The molecule has 1 aliphatic heterocycles. The van der Waals surface area contributed by atoms with E-state index >= 15 is 0 Å². The quantitative estimate of drug-likeness (QED) is 0.401. The van der Waals surface area contributed by atoms with Crippen molar-refractivity contribution in [3.8, 4) is 0 Å². The van der Waals surface area contributed by atoms with Crippen molar-refractivity contribution in [2.45, 2.75) is 31.8 Å². The fourth-order valence-electron chi connectivity index (χ4n) is 3.02. The number of rotatable bonds is 6. The molecule has 17 heteroatoms. The molecule has 0 spiro atoms. The van der Waals surface area contributed by atoms with Gasteiger partial charge in [0.05, 0.1) is 37.4 Å². The Kier molecular flexibility index (Phi) is 7.07. The van der Waals surface area contributed by atoms with E-state index in [0.717, 1.165) is 0 Å². The summed E-state index contributed by atoms with van der Waals surface area (Å²) in [5, 5.41) is 3.51. The highest BCUT2D eigenvalue weighted by Gasteiger charge is 2.37. The highest BCUT2D eigenvalue weighted by Crippen LogP contribution is 2.36. The number of nitrogens with zero attached hydrogens (tertiary/aromatic N) is 3. The summed E-state index contributed by atoms with van der Waals surface area (Å²) in [6.07, 6.45) is -11.0. The van der Waals surface area contributed by atoms with E-state index in [4.69, 9.17) is 19.3 Å². The zero-order valence-corrected chi connectivity index (χ0v) is 17.3. The second-order valence-electron chi connectivity index (χ2n) is 7.04. The van der Waals surface area contributed by atoms with Gasteiger partial charge in [-0.1, -0.05) is 0 Å². The van der Waals surface area contributed by atoms with Crippen molar-refractivity contribution < 1.29 is 50.2 Å². The molecule has 0 amide bonds. The number of morpholine rings is 1. The van der Waals surface area contributed by atoms with E-state index in [2.05, 4.69) is 10.1 Å². The maximum Gasteiger partial charge on any atom is 0.454 e. The summed E-state index contributed by atoms with van der Waals surface area (Å²) in [6.45, 7) is -0.324.